The summed E-state index contributed by atoms with van der Waals surface area (Å²) < 4.78 is 18.9. The van der Waals surface area contributed by atoms with Crippen LogP contribution in [0.2, 0.25) is 0 Å². The van der Waals surface area contributed by atoms with Crippen LogP contribution in [0.15, 0.2) is 47.5 Å². The molecule has 7 heteroatoms. The fourth-order valence-electron chi connectivity index (χ4n) is 3.42. The molecule has 0 bridgehead atoms. The summed E-state index contributed by atoms with van der Waals surface area (Å²) in [6, 6.07) is 13.7. The third kappa shape index (κ3) is 7.00. The van der Waals surface area contributed by atoms with Crippen molar-refractivity contribution in [1.82, 2.24) is 15.5 Å². The summed E-state index contributed by atoms with van der Waals surface area (Å²) >= 11 is 1.69. The van der Waals surface area contributed by atoms with Crippen LogP contribution in [0, 0.1) is 5.82 Å². The van der Waals surface area contributed by atoms with Crippen LogP contribution in [0.1, 0.15) is 22.3 Å². The Morgan fingerprint density at radius 2 is 1.73 bits per heavy atom. The van der Waals surface area contributed by atoms with E-state index < -0.39 is 0 Å². The summed E-state index contributed by atoms with van der Waals surface area (Å²) in [5.74, 6) is 1.33. The number of morpholine rings is 1. The van der Waals surface area contributed by atoms with Gasteiger partial charge in [-0.15, -0.1) is 0 Å². The number of ether oxygens (including phenoxy) is 1. The maximum absolute atomic E-state index is 13.5. The van der Waals surface area contributed by atoms with Gasteiger partial charge in [-0.05, 0) is 40.6 Å². The predicted molar refractivity (Wildman–Crippen MR) is 123 cm³/mol. The number of thioether (sulfide) groups is 1. The standard InChI is InChI=1S/C23H31FN4OS/c1-25-23(27-15-20-7-8-22(24)13-21(20)17-30-2)26-14-18-3-5-19(6-4-18)16-28-9-11-29-12-10-28/h3-8,13H,9-12,14-17H2,1-2H3,(H2,25,26,27). The third-order valence-corrected chi connectivity index (χ3v) is 5.73. The van der Waals surface area contributed by atoms with Gasteiger partial charge in [-0.3, -0.25) is 9.89 Å². The molecule has 2 aromatic carbocycles. The molecule has 0 atom stereocenters. The van der Waals surface area contributed by atoms with E-state index in [0.29, 0.717) is 13.1 Å². The molecule has 3 rings (SSSR count). The molecule has 0 aromatic heterocycles. The number of hydrogen-bond acceptors (Lipinski definition) is 4. The topological polar surface area (TPSA) is 48.9 Å². The molecule has 1 aliphatic heterocycles. The zero-order valence-corrected chi connectivity index (χ0v) is 18.6. The number of rotatable bonds is 8. The number of nitrogens with one attached hydrogen (secondary N) is 2. The minimum Gasteiger partial charge on any atom is -0.379 e. The van der Waals surface area contributed by atoms with Gasteiger partial charge < -0.3 is 15.4 Å². The number of nitrogens with zero attached hydrogens (tertiary/aromatic N) is 2. The average molecular weight is 431 g/mol. The summed E-state index contributed by atoms with van der Waals surface area (Å²) in [5, 5.41) is 6.68. The van der Waals surface area contributed by atoms with Crippen molar-refractivity contribution >= 4 is 17.7 Å². The SMILES string of the molecule is CN=C(NCc1ccc(CN2CCOCC2)cc1)NCc1ccc(F)cc1CSC. The second-order valence-electron chi connectivity index (χ2n) is 7.33. The van der Waals surface area contributed by atoms with Gasteiger partial charge >= 0.3 is 0 Å². The summed E-state index contributed by atoms with van der Waals surface area (Å²) in [6.07, 6.45) is 2.02. The average Bonchev–Trinajstić information content (AvgIpc) is 2.77. The van der Waals surface area contributed by atoms with E-state index in [1.807, 2.05) is 12.3 Å². The lowest BCUT2D eigenvalue weighted by Gasteiger charge is -2.26. The molecule has 30 heavy (non-hydrogen) atoms. The van der Waals surface area contributed by atoms with Gasteiger partial charge in [-0.1, -0.05) is 30.3 Å². The first-order valence-corrected chi connectivity index (χ1v) is 11.7. The summed E-state index contributed by atoms with van der Waals surface area (Å²) in [7, 11) is 1.76. The molecule has 0 aliphatic carbocycles. The van der Waals surface area contributed by atoms with Crippen LogP contribution in [0.5, 0.6) is 0 Å². The number of aliphatic imine (C=N–C) groups is 1. The van der Waals surface area contributed by atoms with Crippen molar-refractivity contribution in [3.05, 3.63) is 70.5 Å². The van der Waals surface area contributed by atoms with Crippen LogP contribution >= 0.6 is 11.8 Å². The predicted octanol–water partition coefficient (Wildman–Crippen LogP) is 3.39. The van der Waals surface area contributed by atoms with E-state index in [-0.39, 0.29) is 5.82 Å². The fraction of sp³-hybridized carbons (Fsp3) is 0.435. The molecule has 1 heterocycles. The Bertz CT molecular complexity index is 822. The van der Waals surface area contributed by atoms with Crippen molar-refractivity contribution in [1.29, 1.82) is 0 Å². The smallest absolute Gasteiger partial charge is 0.191 e. The van der Waals surface area contributed by atoms with E-state index in [1.54, 1.807) is 24.9 Å². The zero-order valence-electron chi connectivity index (χ0n) is 17.8. The van der Waals surface area contributed by atoms with E-state index in [4.69, 9.17) is 4.74 Å². The Labute approximate surface area is 183 Å². The lowest BCUT2D eigenvalue weighted by Crippen LogP contribution is -2.36. The maximum Gasteiger partial charge on any atom is 0.191 e. The first-order valence-electron chi connectivity index (χ1n) is 10.3. The van der Waals surface area contributed by atoms with Crippen LogP contribution in [-0.4, -0.2) is 50.5 Å². The van der Waals surface area contributed by atoms with Crippen LogP contribution in [0.25, 0.3) is 0 Å². The lowest BCUT2D eigenvalue weighted by molar-refractivity contribution is 0.0342. The van der Waals surface area contributed by atoms with Crippen molar-refractivity contribution in [2.45, 2.75) is 25.4 Å². The van der Waals surface area contributed by atoms with Crippen LogP contribution in [0.3, 0.4) is 0 Å². The molecule has 0 unspecified atom stereocenters. The van der Waals surface area contributed by atoms with Gasteiger partial charge in [0.25, 0.3) is 0 Å². The molecular formula is C23H31FN4OS. The molecule has 1 fully saturated rings. The molecule has 162 valence electrons. The van der Waals surface area contributed by atoms with Crippen LogP contribution in [0.4, 0.5) is 4.39 Å². The van der Waals surface area contributed by atoms with Crippen molar-refractivity contribution in [3.8, 4) is 0 Å². The fourth-order valence-corrected chi connectivity index (χ4v) is 4.00. The van der Waals surface area contributed by atoms with E-state index >= 15 is 0 Å². The van der Waals surface area contributed by atoms with Crippen molar-refractivity contribution < 1.29 is 9.13 Å². The summed E-state index contributed by atoms with van der Waals surface area (Å²) in [4.78, 5) is 6.72. The van der Waals surface area contributed by atoms with Gasteiger partial charge in [0.15, 0.2) is 5.96 Å². The number of halogens is 1. The van der Waals surface area contributed by atoms with E-state index in [2.05, 4.69) is 44.8 Å². The maximum atomic E-state index is 13.5. The Morgan fingerprint density at radius 3 is 2.43 bits per heavy atom. The van der Waals surface area contributed by atoms with Gasteiger partial charge in [0.05, 0.1) is 13.2 Å². The first-order chi connectivity index (χ1) is 14.7. The van der Waals surface area contributed by atoms with Gasteiger partial charge in [0.1, 0.15) is 5.82 Å². The molecule has 2 aromatic rings. The number of guanidine groups is 1. The second-order valence-corrected chi connectivity index (χ2v) is 8.20. The molecule has 0 saturated carbocycles. The monoisotopic (exact) mass is 430 g/mol. The molecule has 1 aliphatic rings. The van der Waals surface area contributed by atoms with Gasteiger partial charge in [-0.25, -0.2) is 4.39 Å². The van der Waals surface area contributed by atoms with Crippen LogP contribution < -0.4 is 10.6 Å². The highest BCUT2D eigenvalue weighted by Crippen LogP contribution is 2.16. The highest BCUT2D eigenvalue weighted by Gasteiger charge is 2.10. The number of benzene rings is 2. The van der Waals surface area contributed by atoms with E-state index in [0.717, 1.165) is 55.7 Å². The Kier molecular flexibility index (Phi) is 8.99. The third-order valence-electron chi connectivity index (χ3n) is 5.13. The number of hydrogen-bond donors (Lipinski definition) is 2. The first kappa shape index (κ1) is 22.6. The minimum atomic E-state index is -0.192. The largest absolute Gasteiger partial charge is 0.379 e. The molecule has 0 amide bonds. The highest BCUT2D eigenvalue weighted by atomic mass is 32.2. The summed E-state index contributed by atoms with van der Waals surface area (Å²) in [6.45, 7) is 5.91. The Balaban J connectivity index is 1.48. The van der Waals surface area contributed by atoms with Gasteiger partial charge in [0.2, 0.25) is 0 Å². The normalized spacial score (nSPS) is 15.2. The van der Waals surface area contributed by atoms with E-state index in [9.17, 15) is 4.39 Å². The van der Waals surface area contributed by atoms with Crippen molar-refractivity contribution in [2.24, 2.45) is 4.99 Å². The molecule has 0 spiro atoms. The summed E-state index contributed by atoms with van der Waals surface area (Å²) in [5.41, 5.74) is 4.62. The molecule has 2 N–H and O–H groups in total. The van der Waals surface area contributed by atoms with Crippen molar-refractivity contribution in [2.75, 3.05) is 39.6 Å². The molecule has 1 saturated heterocycles. The lowest BCUT2D eigenvalue weighted by atomic mass is 10.1. The van der Waals surface area contributed by atoms with Crippen LogP contribution in [-0.2, 0) is 30.1 Å². The quantitative estimate of drug-likeness (QED) is 0.497. The second kappa shape index (κ2) is 11.9. The van der Waals surface area contributed by atoms with Gasteiger partial charge in [-0.2, -0.15) is 11.8 Å². The molecule has 0 radical (unpaired) electrons. The highest BCUT2D eigenvalue weighted by molar-refractivity contribution is 7.97. The zero-order chi connectivity index (χ0) is 21.2. The molecular weight excluding hydrogens is 399 g/mol. The Morgan fingerprint density at radius 1 is 1.03 bits per heavy atom. The minimum absolute atomic E-state index is 0.192. The van der Waals surface area contributed by atoms with E-state index in [1.165, 1.54) is 17.2 Å². The molecule has 5 nitrogen and oxygen atoms in total. The Hall–Kier alpha value is -2.09. The van der Waals surface area contributed by atoms with Crippen molar-refractivity contribution in [3.63, 3.8) is 0 Å². The van der Waals surface area contributed by atoms with Gasteiger partial charge in [0, 0.05) is 45.5 Å².